The zero-order valence-electron chi connectivity index (χ0n) is 21.4. The summed E-state index contributed by atoms with van der Waals surface area (Å²) in [6.07, 6.45) is 10.1. The first-order chi connectivity index (χ1) is 16.1. The summed E-state index contributed by atoms with van der Waals surface area (Å²) < 4.78 is 16.2. The summed E-state index contributed by atoms with van der Waals surface area (Å²) in [6, 6.07) is 6.15. The van der Waals surface area contributed by atoms with E-state index in [4.69, 9.17) is 13.9 Å². The van der Waals surface area contributed by atoms with Gasteiger partial charge in [0.05, 0.1) is 24.7 Å². The summed E-state index contributed by atoms with van der Waals surface area (Å²) in [6.45, 7) is 10.0. The number of fused-ring (bicyclic) bond motifs is 1. The van der Waals surface area contributed by atoms with E-state index < -0.39 is 5.63 Å². The lowest BCUT2D eigenvalue weighted by molar-refractivity contribution is -0.144. The fourth-order valence-electron chi connectivity index (χ4n) is 4.26. The second-order valence-corrected chi connectivity index (χ2v) is 10.6. The van der Waals surface area contributed by atoms with Gasteiger partial charge in [0.15, 0.2) is 0 Å². The van der Waals surface area contributed by atoms with Crippen LogP contribution in [-0.2, 0) is 9.53 Å². The van der Waals surface area contributed by atoms with E-state index in [-0.39, 0.29) is 11.7 Å². The predicted molar refractivity (Wildman–Crippen MR) is 135 cm³/mol. The smallest absolute Gasteiger partial charge is 0.339 e. The number of unbranched alkanes of at least 4 members (excludes halogenated alkanes) is 6. The van der Waals surface area contributed by atoms with Gasteiger partial charge >= 0.3 is 11.6 Å². The average molecular weight is 475 g/mol. The minimum atomic E-state index is -0.582. The monoisotopic (exact) mass is 474 g/mol. The minimum Gasteiger partial charge on any atom is -0.507 e. The second-order valence-electron chi connectivity index (χ2n) is 10.6. The standard InChI is InChI=1S/C28H42O6/c1-21(20-28(2,3)4)12-15-26(30)33-17-11-9-7-5-6-8-10-16-32-22-13-14-23-24(29)19-27(31)34-25(23)18-22/h13-14,18-19,21,29H,5-12,15-17,20H2,1-4H3. The summed E-state index contributed by atoms with van der Waals surface area (Å²) in [5.74, 6) is 1.02. The van der Waals surface area contributed by atoms with Crippen LogP contribution in [0.3, 0.4) is 0 Å². The van der Waals surface area contributed by atoms with Crippen LogP contribution in [0.2, 0.25) is 0 Å². The van der Waals surface area contributed by atoms with E-state index in [1.807, 2.05) is 0 Å². The third-order valence-corrected chi connectivity index (χ3v) is 5.82. The minimum absolute atomic E-state index is 0.0638. The van der Waals surface area contributed by atoms with E-state index in [2.05, 4.69) is 27.7 Å². The Bertz CT molecular complexity index is 940. The number of carbonyl (C=O) groups excluding carboxylic acids is 1. The quantitative estimate of drug-likeness (QED) is 0.170. The number of hydrogen-bond acceptors (Lipinski definition) is 6. The molecule has 0 spiro atoms. The Hall–Kier alpha value is -2.50. The van der Waals surface area contributed by atoms with Crippen LogP contribution in [0.15, 0.2) is 33.5 Å². The highest BCUT2D eigenvalue weighted by Crippen LogP contribution is 2.27. The van der Waals surface area contributed by atoms with Crippen LogP contribution in [0, 0.1) is 11.3 Å². The molecule has 0 amide bonds. The number of esters is 1. The highest BCUT2D eigenvalue weighted by Gasteiger charge is 2.16. The van der Waals surface area contributed by atoms with Gasteiger partial charge in [-0.05, 0) is 49.1 Å². The molecular weight excluding hydrogens is 432 g/mol. The molecule has 0 radical (unpaired) electrons. The van der Waals surface area contributed by atoms with Crippen molar-refractivity contribution in [2.45, 2.75) is 91.9 Å². The van der Waals surface area contributed by atoms with Crippen molar-refractivity contribution in [1.29, 1.82) is 0 Å². The normalized spacial score (nSPS) is 12.6. The Labute approximate surface area is 203 Å². The number of carbonyl (C=O) groups is 1. The molecule has 0 aliphatic heterocycles. The van der Waals surface area contributed by atoms with Crippen molar-refractivity contribution in [1.82, 2.24) is 0 Å². The molecule has 0 saturated heterocycles. The zero-order chi connectivity index (χ0) is 25.0. The molecule has 1 aromatic carbocycles. The molecule has 6 heteroatoms. The van der Waals surface area contributed by atoms with Crippen LogP contribution < -0.4 is 10.4 Å². The summed E-state index contributed by atoms with van der Waals surface area (Å²) in [5.41, 5.74) is 0.0457. The lowest BCUT2D eigenvalue weighted by atomic mass is 9.84. The van der Waals surface area contributed by atoms with Crippen LogP contribution >= 0.6 is 0 Å². The summed E-state index contributed by atoms with van der Waals surface area (Å²) in [4.78, 5) is 23.3. The topological polar surface area (TPSA) is 86.0 Å². The van der Waals surface area contributed by atoms with Crippen molar-refractivity contribution >= 4 is 16.9 Å². The van der Waals surface area contributed by atoms with Crippen LogP contribution in [0.4, 0.5) is 0 Å². The Kier molecular flexibility index (Phi) is 11.4. The molecule has 1 heterocycles. The Morgan fingerprint density at radius 3 is 2.32 bits per heavy atom. The van der Waals surface area contributed by atoms with E-state index in [9.17, 15) is 14.7 Å². The number of hydrogen-bond donors (Lipinski definition) is 1. The third kappa shape index (κ3) is 11.1. The van der Waals surface area contributed by atoms with E-state index in [0.29, 0.717) is 47.7 Å². The maximum atomic E-state index is 11.9. The molecule has 2 aromatic rings. The Balaban J connectivity index is 1.45. The molecule has 0 aliphatic rings. The van der Waals surface area contributed by atoms with Gasteiger partial charge in [0.1, 0.15) is 17.1 Å². The Morgan fingerprint density at radius 2 is 1.65 bits per heavy atom. The number of ether oxygens (including phenoxy) is 2. The lowest BCUT2D eigenvalue weighted by Crippen LogP contribution is -2.13. The van der Waals surface area contributed by atoms with Crippen molar-refractivity contribution < 1.29 is 23.8 Å². The van der Waals surface area contributed by atoms with Gasteiger partial charge in [0.25, 0.3) is 0 Å². The number of benzene rings is 1. The molecule has 0 fully saturated rings. The molecular formula is C28H42O6. The van der Waals surface area contributed by atoms with Crippen LogP contribution in [0.1, 0.15) is 91.9 Å². The lowest BCUT2D eigenvalue weighted by Gasteiger charge is -2.22. The second kappa shape index (κ2) is 14.0. The van der Waals surface area contributed by atoms with E-state index in [1.165, 1.54) is 6.42 Å². The first kappa shape index (κ1) is 27.7. The summed E-state index contributed by atoms with van der Waals surface area (Å²) >= 11 is 0. The summed E-state index contributed by atoms with van der Waals surface area (Å²) in [7, 11) is 0. The highest BCUT2D eigenvalue weighted by molar-refractivity contribution is 5.83. The van der Waals surface area contributed by atoms with E-state index in [1.54, 1.807) is 18.2 Å². The van der Waals surface area contributed by atoms with Crippen LogP contribution in [-0.4, -0.2) is 24.3 Å². The molecule has 6 nitrogen and oxygen atoms in total. The highest BCUT2D eigenvalue weighted by atomic mass is 16.5. The van der Waals surface area contributed by atoms with Crippen molar-refractivity contribution in [3.8, 4) is 11.5 Å². The molecule has 2 rings (SSSR count). The van der Waals surface area contributed by atoms with Gasteiger partial charge in [-0.1, -0.05) is 59.8 Å². The van der Waals surface area contributed by atoms with Gasteiger partial charge in [-0.3, -0.25) is 4.79 Å². The first-order valence-electron chi connectivity index (χ1n) is 12.7. The van der Waals surface area contributed by atoms with Crippen LogP contribution in [0.25, 0.3) is 11.0 Å². The van der Waals surface area contributed by atoms with Gasteiger partial charge in [-0.2, -0.15) is 0 Å². The van der Waals surface area contributed by atoms with Crippen molar-refractivity contribution in [3.05, 3.63) is 34.7 Å². The number of rotatable bonds is 15. The molecule has 0 saturated carbocycles. The molecule has 0 bridgehead atoms. The average Bonchev–Trinajstić information content (AvgIpc) is 2.74. The third-order valence-electron chi connectivity index (χ3n) is 5.82. The van der Waals surface area contributed by atoms with Gasteiger partial charge in [0, 0.05) is 12.5 Å². The van der Waals surface area contributed by atoms with Gasteiger partial charge < -0.3 is 19.0 Å². The van der Waals surface area contributed by atoms with Crippen molar-refractivity contribution in [3.63, 3.8) is 0 Å². The van der Waals surface area contributed by atoms with Gasteiger partial charge in [0.2, 0.25) is 0 Å². The first-order valence-corrected chi connectivity index (χ1v) is 12.7. The molecule has 1 atom stereocenters. The molecule has 1 unspecified atom stereocenters. The summed E-state index contributed by atoms with van der Waals surface area (Å²) in [5, 5.41) is 10.3. The van der Waals surface area contributed by atoms with Crippen LogP contribution in [0.5, 0.6) is 11.5 Å². The molecule has 34 heavy (non-hydrogen) atoms. The van der Waals surface area contributed by atoms with Crippen molar-refractivity contribution in [2.24, 2.45) is 11.3 Å². The van der Waals surface area contributed by atoms with E-state index in [0.717, 1.165) is 57.4 Å². The zero-order valence-corrected chi connectivity index (χ0v) is 21.4. The maximum Gasteiger partial charge on any atom is 0.339 e. The fraction of sp³-hybridized carbons (Fsp3) is 0.643. The molecule has 1 N–H and O–H groups in total. The fourth-order valence-corrected chi connectivity index (χ4v) is 4.26. The SMILES string of the molecule is CC(CCC(=O)OCCCCCCCCCOc1ccc2c(O)cc(=O)oc2c1)CC(C)(C)C. The maximum absolute atomic E-state index is 11.9. The van der Waals surface area contributed by atoms with Gasteiger partial charge in [-0.25, -0.2) is 4.79 Å². The Morgan fingerprint density at radius 1 is 1.00 bits per heavy atom. The molecule has 190 valence electrons. The predicted octanol–water partition coefficient (Wildman–Crippen LogP) is 7.00. The van der Waals surface area contributed by atoms with Crippen molar-refractivity contribution in [2.75, 3.05) is 13.2 Å². The van der Waals surface area contributed by atoms with E-state index >= 15 is 0 Å². The molecule has 1 aromatic heterocycles. The molecule has 0 aliphatic carbocycles. The largest absolute Gasteiger partial charge is 0.507 e. The van der Waals surface area contributed by atoms with Gasteiger partial charge in [-0.15, -0.1) is 0 Å². The number of aromatic hydroxyl groups is 1.